The number of carboxylic acids is 1. The van der Waals surface area contributed by atoms with Crippen molar-refractivity contribution in [1.82, 2.24) is 5.32 Å². The van der Waals surface area contributed by atoms with Crippen LogP contribution in [-0.4, -0.2) is 49.5 Å². The van der Waals surface area contributed by atoms with Gasteiger partial charge in [0.05, 0.1) is 13.2 Å². The number of nitrogens with one attached hydrogen (secondary N) is 1. The number of hydrogen-bond acceptors (Lipinski definition) is 4. The number of rotatable bonds is 7. The molecule has 0 heterocycles. The maximum Gasteiger partial charge on any atom is 0.325 e. The van der Waals surface area contributed by atoms with E-state index in [1.807, 2.05) is 0 Å². The van der Waals surface area contributed by atoms with Crippen LogP contribution in [0.1, 0.15) is 13.8 Å². The Morgan fingerprint density at radius 2 is 1.93 bits per heavy atom. The highest BCUT2D eigenvalue weighted by Crippen LogP contribution is 1.92. The van der Waals surface area contributed by atoms with Crippen molar-refractivity contribution in [2.75, 3.05) is 20.3 Å². The first-order valence-corrected chi connectivity index (χ1v) is 4.62. The predicted molar refractivity (Wildman–Crippen MR) is 52.5 cm³/mol. The average molecular weight is 219 g/mol. The van der Waals surface area contributed by atoms with E-state index in [4.69, 9.17) is 14.6 Å². The van der Waals surface area contributed by atoms with Crippen LogP contribution in [-0.2, 0) is 19.1 Å². The third kappa shape index (κ3) is 6.03. The lowest BCUT2D eigenvalue weighted by atomic mass is 10.3. The summed E-state index contributed by atoms with van der Waals surface area (Å²) < 4.78 is 9.84. The number of ether oxygens (including phenoxy) is 2. The molecule has 0 aromatic heterocycles. The molecule has 2 N–H and O–H groups in total. The molecule has 15 heavy (non-hydrogen) atoms. The fourth-order valence-corrected chi connectivity index (χ4v) is 0.776. The van der Waals surface area contributed by atoms with Crippen LogP contribution in [0.15, 0.2) is 0 Å². The molecule has 0 aliphatic rings. The summed E-state index contributed by atoms with van der Waals surface area (Å²) >= 11 is 0. The van der Waals surface area contributed by atoms with Crippen LogP contribution in [0.25, 0.3) is 0 Å². The molecule has 0 aromatic carbocycles. The van der Waals surface area contributed by atoms with Crippen LogP contribution in [0.2, 0.25) is 0 Å². The summed E-state index contributed by atoms with van der Waals surface area (Å²) in [6, 6.07) is -0.911. The van der Waals surface area contributed by atoms with Crippen LogP contribution in [0, 0.1) is 0 Å². The maximum atomic E-state index is 11.3. The predicted octanol–water partition coefficient (Wildman–Crippen LogP) is -0.373. The van der Waals surface area contributed by atoms with Gasteiger partial charge in [-0.15, -0.1) is 0 Å². The summed E-state index contributed by atoms with van der Waals surface area (Å²) in [5, 5.41) is 10.9. The smallest absolute Gasteiger partial charge is 0.325 e. The Bertz CT molecular complexity index is 219. The fourth-order valence-electron chi connectivity index (χ4n) is 0.776. The number of methoxy groups -OCH3 is 1. The minimum Gasteiger partial charge on any atom is -0.480 e. The molecule has 0 saturated heterocycles. The van der Waals surface area contributed by atoms with Gasteiger partial charge in [0.1, 0.15) is 12.1 Å². The van der Waals surface area contributed by atoms with E-state index >= 15 is 0 Å². The molecule has 0 bridgehead atoms. The highest BCUT2D eigenvalue weighted by atomic mass is 16.5. The Labute approximate surface area is 88.6 Å². The van der Waals surface area contributed by atoms with E-state index in [9.17, 15) is 9.59 Å². The zero-order chi connectivity index (χ0) is 11.8. The lowest BCUT2D eigenvalue weighted by Crippen LogP contribution is -2.43. The number of carbonyl (C=O) groups is 2. The molecule has 0 fully saturated rings. The summed E-state index contributed by atoms with van der Waals surface area (Å²) in [5.74, 6) is -1.52. The maximum absolute atomic E-state index is 11.3. The van der Waals surface area contributed by atoms with E-state index < -0.39 is 24.0 Å². The van der Waals surface area contributed by atoms with Gasteiger partial charge in [0.2, 0.25) is 5.91 Å². The van der Waals surface area contributed by atoms with Crippen molar-refractivity contribution in [3.8, 4) is 0 Å². The Morgan fingerprint density at radius 3 is 2.40 bits per heavy atom. The molecule has 1 unspecified atom stereocenters. The van der Waals surface area contributed by atoms with E-state index in [-0.39, 0.29) is 0 Å². The van der Waals surface area contributed by atoms with Crippen LogP contribution in [0.3, 0.4) is 0 Å². The van der Waals surface area contributed by atoms with Gasteiger partial charge < -0.3 is 19.9 Å². The zero-order valence-electron chi connectivity index (χ0n) is 9.15. The van der Waals surface area contributed by atoms with Crippen LogP contribution in [0.5, 0.6) is 0 Å². The molecule has 0 radical (unpaired) electrons. The van der Waals surface area contributed by atoms with Crippen molar-refractivity contribution in [3.63, 3.8) is 0 Å². The first-order chi connectivity index (χ1) is 6.99. The summed E-state index contributed by atoms with van der Waals surface area (Å²) in [6.07, 6.45) is -0.679. The van der Waals surface area contributed by atoms with Gasteiger partial charge in [0.25, 0.3) is 0 Å². The molecular formula is C9H17NO5. The van der Waals surface area contributed by atoms with Crippen molar-refractivity contribution in [2.24, 2.45) is 0 Å². The largest absolute Gasteiger partial charge is 0.480 e. The van der Waals surface area contributed by atoms with Crippen molar-refractivity contribution in [1.29, 1.82) is 0 Å². The molecule has 88 valence electrons. The highest BCUT2D eigenvalue weighted by molar-refractivity contribution is 5.85. The van der Waals surface area contributed by atoms with Crippen molar-refractivity contribution in [3.05, 3.63) is 0 Å². The molecule has 1 amide bonds. The molecule has 6 nitrogen and oxygen atoms in total. The van der Waals surface area contributed by atoms with Gasteiger partial charge in [-0.25, -0.2) is 0 Å². The topological polar surface area (TPSA) is 84.9 Å². The molecule has 0 rings (SSSR count). The standard InChI is InChI=1S/C9H17NO5/c1-6(9(12)13)10-8(11)7(2)15-5-4-14-3/h6-7H,4-5H2,1-3H3,(H,10,11)(H,12,13)/t6-,7?/m1/s1. The number of amides is 1. The zero-order valence-corrected chi connectivity index (χ0v) is 9.15. The van der Waals surface area contributed by atoms with E-state index in [2.05, 4.69) is 5.32 Å². The normalized spacial score (nSPS) is 14.3. The first-order valence-electron chi connectivity index (χ1n) is 4.62. The molecule has 0 aromatic rings. The summed E-state index contributed by atoms with van der Waals surface area (Å²) in [4.78, 5) is 21.8. The summed E-state index contributed by atoms with van der Waals surface area (Å²) in [7, 11) is 1.53. The van der Waals surface area contributed by atoms with Gasteiger partial charge in [-0.3, -0.25) is 9.59 Å². The molecule has 0 spiro atoms. The van der Waals surface area contributed by atoms with Gasteiger partial charge >= 0.3 is 5.97 Å². The van der Waals surface area contributed by atoms with Crippen LogP contribution < -0.4 is 5.32 Å². The van der Waals surface area contributed by atoms with Crippen LogP contribution in [0.4, 0.5) is 0 Å². The first kappa shape index (κ1) is 13.9. The fraction of sp³-hybridized carbons (Fsp3) is 0.778. The Morgan fingerprint density at radius 1 is 1.33 bits per heavy atom. The number of hydrogen-bond donors (Lipinski definition) is 2. The molecule has 0 saturated carbocycles. The molecule has 6 heteroatoms. The second-order valence-corrected chi connectivity index (χ2v) is 3.07. The molecule has 0 aliphatic carbocycles. The summed E-state index contributed by atoms with van der Waals surface area (Å²) in [6.45, 7) is 3.64. The number of aliphatic carboxylic acids is 1. The Hall–Kier alpha value is -1.14. The highest BCUT2D eigenvalue weighted by Gasteiger charge is 2.18. The molecule has 0 aliphatic heterocycles. The van der Waals surface area contributed by atoms with E-state index in [1.165, 1.54) is 14.0 Å². The quantitative estimate of drug-likeness (QED) is 0.570. The minimum absolute atomic E-state index is 0.298. The lowest BCUT2D eigenvalue weighted by molar-refractivity contribution is -0.143. The van der Waals surface area contributed by atoms with Crippen molar-refractivity contribution >= 4 is 11.9 Å². The van der Waals surface area contributed by atoms with Crippen molar-refractivity contribution < 1.29 is 24.2 Å². The van der Waals surface area contributed by atoms with Crippen LogP contribution >= 0.6 is 0 Å². The van der Waals surface area contributed by atoms with Gasteiger partial charge in [0.15, 0.2) is 0 Å². The average Bonchev–Trinajstić information content (AvgIpc) is 2.17. The third-order valence-electron chi connectivity index (χ3n) is 1.75. The number of carbonyl (C=O) groups excluding carboxylic acids is 1. The number of carboxylic acid groups (broad SMARTS) is 1. The van der Waals surface area contributed by atoms with E-state index in [0.29, 0.717) is 13.2 Å². The lowest BCUT2D eigenvalue weighted by Gasteiger charge is -2.15. The third-order valence-corrected chi connectivity index (χ3v) is 1.75. The summed E-state index contributed by atoms with van der Waals surface area (Å²) in [5.41, 5.74) is 0. The van der Waals surface area contributed by atoms with E-state index in [1.54, 1.807) is 6.92 Å². The second kappa shape index (κ2) is 7.19. The van der Waals surface area contributed by atoms with Gasteiger partial charge in [-0.05, 0) is 13.8 Å². The second-order valence-electron chi connectivity index (χ2n) is 3.07. The van der Waals surface area contributed by atoms with Crippen molar-refractivity contribution in [2.45, 2.75) is 26.0 Å². The van der Waals surface area contributed by atoms with E-state index in [0.717, 1.165) is 0 Å². The Balaban J connectivity index is 3.83. The Kier molecular flexibility index (Phi) is 6.64. The van der Waals surface area contributed by atoms with Gasteiger partial charge in [-0.1, -0.05) is 0 Å². The molecular weight excluding hydrogens is 202 g/mol. The molecule has 2 atom stereocenters. The minimum atomic E-state index is -1.08. The van der Waals surface area contributed by atoms with Gasteiger partial charge in [0, 0.05) is 7.11 Å². The SMILES string of the molecule is COCCOC(C)C(=O)N[C@H](C)C(=O)O. The monoisotopic (exact) mass is 219 g/mol. The van der Waals surface area contributed by atoms with Gasteiger partial charge in [-0.2, -0.15) is 0 Å².